The van der Waals surface area contributed by atoms with Gasteiger partial charge in [-0.3, -0.25) is 4.79 Å². The van der Waals surface area contributed by atoms with Crippen molar-refractivity contribution in [2.45, 2.75) is 20.3 Å². The van der Waals surface area contributed by atoms with Gasteiger partial charge in [-0.1, -0.05) is 36.4 Å². The molecule has 3 aromatic rings. The number of carbonyl (C=O) groups excluding carboxylic acids is 1. The molecular formula is C20H19N3O. The molecule has 4 nitrogen and oxygen atoms in total. The Balaban J connectivity index is 1.75. The van der Waals surface area contributed by atoms with E-state index >= 15 is 0 Å². The standard InChI is InChI=1S/C20H19N3O/c1-14-6-3-4-7-16(14)13-20(24)23-18-9-5-8-17(12-18)19-10-11-21-15(2)22-19/h3-12H,13H2,1-2H3,(H,23,24). The number of amides is 1. The number of nitrogens with zero attached hydrogens (tertiary/aromatic N) is 2. The second-order valence-electron chi connectivity index (χ2n) is 5.72. The summed E-state index contributed by atoms with van der Waals surface area (Å²) in [6.45, 7) is 3.87. The Labute approximate surface area is 141 Å². The van der Waals surface area contributed by atoms with Crippen molar-refractivity contribution in [1.29, 1.82) is 0 Å². The highest BCUT2D eigenvalue weighted by Crippen LogP contribution is 2.21. The summed E-state index contributed by atoms with van der Waals surface area (Å²) in [5.74, 6) is 0.696. The van der Waals surface area contributed by atoms with Crippen molar-refractivity contribution in [3.05, 3.63) is 77.7 Å². The fourth-order valence-electron chi connectivity index (χ4n) is 2.56. The van der Waals surface area contributed by atoms with Gasteiger partial charge in [-0.05, 0) is 43.2 Å². The molecule has 1 heterocycles. The van der Waals surface area contributed by atoms with E-state index in [1.54, 1.807) is 6.20 Å². The summed E-state index contributed by atoms with van der Waals surface area (Å²) >= 11 is 0. The quantitative estimate of drug-likeness (QED) is 0.793. The molecule has 0 saturated carbocycles. The van der Waals surface area contributed by atoms with Gasteiger partial charge in [0.25, 0.3) is 0 Å². The molecule has 0 atom stereocenters. The normalized spacial score (nSPS) is 10.4. The highest BCUT2D eigenvalue weighted by atomic mass is 16.1. The van der Waals surface area contributed by atoms with E-state index in [2.05, 4.69) is 15.3 Å². The Hall–Kier alpha value is -3.01. The van der Waals surface area contributed by atoms with Gasteiger partial charge in [-0.2, -0.15) is 0 Å². The summed E-state index contributed by atoms with van der Waals surface area (Å²) in [7, 11) is 0. The second-order valence-corrected chi connectivity index (χ2v) is 5.72. The number of aryl methyl sites for hydroxylation is 2. The molecule has 0 fully saturated rings. The molecule has 2 aromatic carbocycles. The molecule has 0 saturated heterocycles. The van der Waals surface area contributed by atoms with E-state index in [1.165, 1.54) is 0 Å². The SMILES string of the molecule is Cc1nccc(-c2cccc(NC(=O)Cc3ccccc3C)c2)n1. The van der Waals surface area contributed by atoms with Gasteiger partial charge >= 0.3 is 0 Å². The van der Waals surface area contributed by atoms with Gasteiger partial charge in [0.05, 0.1) is 12.1 Å². The Kier molecular flexibility index (Phi) is 4.66. The molecule has 0 bridgehead atoms. The van der Waals surface area contributed by atoms with Crippen LogP contribution in [0.4, 0.5) is 5.69 Å². The molecule has 0 radical (unpaired) electrons. The van der Waals surface area contributed by atoms with Crippen LogP contribution >= 0.6 is 0 Å². The van der Waals surface area contributed by atoms with Crippen LogP contribution in [-0.4, -0.2) is 15.9 Å². The molecule has 120 valence electrons. The van der Waals surface area contributed by atoms with Gasteiger partial charge in [0.1, 0.15) is 5.82 Å². The van der Waals surface area contributed by atoms with Crippen molar-refractivity contribution in [2.24, 2.45) is 0 Å². The van der Waals surface area contributed by atoms with E-state index in [0.717, 1.165) is 33.9 Å². The monoisotopic (exact) mass is 317 g/mol. The maximum Gasteiger partial charge on any atom is 0.228 e. The Bertz CT molecular complexity index is 874. The molecule has 0 aliphatic carbocycles. The fourth-order valence-corrected chi connectivity index (χ4v) is 2.56. The van der Waals surface area contributed by atoms with E-state index in [0.29, 0.717) is 6.42 Å². The van der Waals surface area contributed by atoms with E-state index < -0.39 is 0 Å². The number of hydrogen-bond donors (Lipinski definition) is 1. The van der Waals surface area contributed by atoms with Crippen molar-refractivity contribution >= 4 is 11.6 Å². The molecule has 24 heavy (non-hydrogen) atoms. The summed E-state index contributed by atoms with van der Waals surface area (Å²) in [5.41, 5.74) is 4.73. The maximum atomic E-state index is 12.3. The first-order valence-electron chi connectivity index (χ1n) is 7.86. The van der Waals surface area contributed by atoms with Crippen molar-refractivity contribution in [3.63, 3.8) is 0 Å². The first-order valence-corrected chi connectivity index (χ1v) is 7.86. The number of carbonyl (C=O) groups is 1. The van der Waals surface area contributed by atoms with Crippen molar-refractivity contribution in [3.8, 4) is 11.3 Å². The van der Waals surface area contributed by atoms with Crippen LogP contribution in [0.25, 0.3) is 11.3 Å². The third-order valence-corrected chi connectivity index (χ3v) is 3.83. The number of aromatic nitrogens is 2. The van der Waals surface area contributed by atoms with Crippen LogP contribution < -0.4 is 5.32 Å². The maximum absolute atomic E-state index is 12.3. The minimum Gasteiger partial charge on any atom is -0.326 e. The third kappa shape index (κ3) is 3.84. The zero-order valence-corrected chi connectivity index (χ0v) is 13.8. The third-order valence-electron chi connectivity index (χ3n) is 3.83. The lowest BCUT2D eigenvalue weighted by Crippen LogP contribution is -2.15. The number of nitrogens with one attached hydrogen (secondary N) is 1. The average molecular weight is 317 g/mol. The van der Waals surface area contributed by atoms with Crippen molar-refractivity contribution in [2.75, 3.05) is 5.32 Å². The average Bonchev–Trinajstić information content (AvgIpc) is 2.57. The summed E-state index contributed by atoms with van der Waals surface area (Å²) in [5, 5.41) is 2.96. The highest BCUT2D eigenvalue weighted by Gasteiger charge is 2.07. The molecule has 0 unspecified atom stereocenters. The lowest BCUT2D eigenvalue weighted by molar-refractivity contribution is -0.115. The van der Waals surface area contributed by atoms with Crippen molar-refractivity contribution in [1.82, 2.24) is 9.97 Å². The molecule has 3 rings (SSSR count). The molecule has 0 aliphatic rings. The number of benzene rings is 2. The van der Waals surface area contributed by atoms with Crippen LogP contribution in [0.5, 0.6) is 0 Å². The lowest BCUT2D eigenvalue weighted by Gasteiger charge is -2.09. The Morgan fingerprint density at radius 3 is 2.67 bits per heavy atom. The predicted octanol–water partition coefficient (Wildman–Crippen LogP) is 3.94. The molecular weight excluding hydrogens is 298 g/mol. The van der Waals surface area contributed by atoms with Gasteiger partial charge in [0, 0.05) is 17.4 Å². The van der Waals surface area contributed by atoms with Gasteiger partial charge in [-0.25, -0.2) is 9.97 Å². The van der Waals surface area contributed by atoms with Crippen LogP contribution in [0.15, 0.2) is 60.8 Å². The minimum atomic E-state index is -0.0275. The number of hydrogen-bond acceptors (Lipinski definition) is 3. The summed E-state index contributed by atoms with van der Waals surface area (Å²) in [6, 6.07) is 17.5. The van der Waals surface area contributed by atoms with Crippen LogP contribution in [0, 0.1) is 13.8 Å². The van der Waals surface area contributed by atoms with E-state index in [1.807, 2.05) is 68.4 Å². The number of anilines is 1. The van der Waals surface area contributed by atoms with Gasteiger partial charge in [0.2, 0.25) is 5.91 Å². The topological polar surface area (TPSA) is 54.9 Å². The smallest absolute Gasteiger partial charge is 0.228 e. The summed E-state index contributed by atoms with van der Waals surface area (Å²) < 4.78 is 0. The molecule has 0 spiro atoms. The van der Waals surface area contributed by atoms with E-state index in [-0.39, 0.29) is 5.91 Å². The summed E-state index contributed by atoms with van der Waals surface area (Å²) in [6.07, 6.45) is 2.10. The molecule has 1 amide bonds. The lowest BCUT2D eigenvalue weighted by atomic mass is 10.1. The van der Waals surface area contributed by atoms with Gasteiger partial charge < -0.3 is 5.32 Å². The largest absolute Gasteiger partial charge is 0.326 e. The molecule has 0 aliphatic heterocycles. The van der Waals surface area contributed by atoms with Gasteiger partial charge in [-0.15, -0.1) is 0 Å². The van der Waals surface area contributed by atoms with Crippen LogP contribution in [0.3, 0.4) is 0 Å². The van der Waals surface area contributed by atoms with Crippen LogP contribution in [0.2, 0.25) is 0 Å². The minimum absolute atomic E-state index is 0.0275. The highest BCUT2D eigenvalue weighted by molar-refractivity contribution is 5.93. The van der Waals surface area contributed by atoms with Crippen molar-refractivity contribution < 1.29 is 4.79 Å². The molecule has 1 N–H and O–H groups in total. The molecule has 1 aromatic heterocycles. The van der Waals surface area contributed by atoms with E-state index in [9.17, 15) is 4.79 Å². The first kappa shape index (κ1) is 15.9. The fraction of sp³-hybridized carbons (Fsp3) is 0.150. The van der Waals surface area contributed by atoms with Crippen LogP contribution in [0.1, 0.15) is 17.0 Å². The zero-order chi connectivity index (χ0) is 16.9. The molecule has 4 heteroatoms. The Morgan fingerprint density at radius 1 is 1.04 bits per heavy atom. The zero-order valence-electron chi connectivity index (χ0n) is 13.8. The summed E-state index contributed by atoms with van der Waals surface area (Å²) in [4.78, 5) is 20.8. The second kappa shape index (κ2) is 7.04. The first-order chi connectivity index (χ1) is 11.6. The number of rotatable bonds is 4. The van der Waals surface area contributed by atoms with Crippen LogP contribution in [-0.2, 0) is 11.2 Å². The van der Waals surface area contributed by atoms with E-state index in [4.69, 9.17) is 0 Å². The predicted molar refractivity (Wildman–Crippen MR) is 95.7 cm³/mol. The van der Waals surface area contributed by atoms with Gasteiger partial charge in [0.15, 0.2) is 0 Å². The Morgan fingerprint density at radius 2 is 1.88 bits per heavy atom.